The summed E-state index contributed by atoms with van der Waals surface area (Å²) in [5, 5.41) is 9.92. The Balaban J connectivity index is 1.97. The first-order chi connectivity index (χ1) is 13.2. The maximum Gasteiger partial charge on any atom is 0.316 e. The van der Waals surface area contributed by atoms with Crippen LogP contribution < -0.4 is 21.5 Å². The van der Waals surface area contributed by atoms with E-state index in [1.54, 1.807) is 0 Å². The van der Waals surface area contributed by atoms with E-state index in [1.807, 2.05) is 0 Å². The van der Waals surface area contributed by atoms with Gasteiger partial charge in [-0.25, -0.2) is 23.1 Å². The van der Waals surface area contributed by atoms with Crippen molar-refractivity contribution >= 4 is 17.5 Å². The molecule has 28 heavy (non-hydrogen) atoms. The second-order valence-electron chi connectivity index (χ2n) is 5.76. The minimum Gasteiger partial charge on any atom is -0.457 e. The molecule has 0 spiro atoms. The standard InChI is InChI=1S/C18H19F3N6O/c1-18(20,21)15-4-14(2-3-16(15)19)25-9-13(24)10-28-17-26-7-12(8-27-17)11(5-22)6-23/h2-9,22,25H,10,23-24H2,1H3/b11-6+,13-9-,22-5?. The highest BCUT2D eigenvalue weighted by molar-refractivity contribution is 6.07. The number of anilines is 1. The highest BCUT2D eigenvalue weighted by Gasteiger charge is 2.28. The molecule has 0 aliphatic heterocycles. The number of halogens is 3. The fraction of sp³-hybridized carbons (Fsp3) is 0.167. The number of rotatable bonds is 8. The van der Waals surface area contributed by atoms with Crippen LogP contribution in [0.2, 0.25) is 0 Å². The van der Waals surface area contributed by atoms with E-state index in [1.165, 1.54) is 30.9 Å². The predicted molar refractivity (Wildman–Crippen MR) is 100 cm³/mol. The fourth-order valence-electron chi connectivity index (χ4n) is 2.08. The third kappa shape index (κ3) is 5.47. The number of nitrogens with two attached hydrogens (primary N) is 2. The monoisotopic (exact) mass is 392 g/mol. The molecule has 0 fully saturated rings. The second kappa shape index (κ2) is 8.89. The Morgan fingerprint density at radius 3 is 2.57 bits per heavy atom. The molecule has 1 aromatic carbocycles. The summed E-state index contributed by atoms with van der Waals surface area (Å²) in [4.78, 5) is 7.95. The molecule has 10 heteroatoms. The first-order valence-electron chi connectivity index (χ1n) is 8.01. The van der Waals surface area contributed by atoms with Crippen molar-refractivity contribution in [3.8, 4) is 6.01 Å². The molecule has 0 saturated carbocycles. The van der Waals surface area contributed by atoms with Crippen LogP contribution in [-0.4, -0.2) is 22.8 Å². The molecule has 1 aromatic heterocycles. The summed E-state index contributed by atoms with van der Waals surface area (Å²) in [5.74, 6) is -4.30. The predicted octanol–water partition coefficient (Wildman–Crippen LogP) is 2.97. The zero-order chi connectivity index (χ0) is 20.7. The topological polar surface area (TPSA) is 123 Å². The van der Waals surface area contributed by atoms with Gasteiger partial charge in [-0.05, 0) is 18.2 Å². The number of allylic oxidation sites excluding steroid dienone is 1. The zero-order valence-corrected chi connectivity index (χ0v) is 14.9. The van der Waals surface area contributed by atoms with Gasteiger partial charge in [0.1, 0.15) is 12.4 Å². The minimum atomic E-state index is -3.31. The Bertz CT molecular complexity index is 891. The van der Waals surface area contributed by atoms with Crippen molar-refractivity contribution in [3.63, 3.8) is 0 Å². The van der Waals surface area contributed by atoms with Gasteiger partial charge in [0.15, 0.2) is 0 Å². The Kier molecular flexibility index (Phi) is 6.59. The van der Waals surface area contributed by atoms with E-state index in [-0.39, 0.29) is 24.0 Å². The van der Waals surface area contributed by atoms with Gasteiger partial charge in [0.25, 0.3) is 5.92 Å². The van der Waals surface area contributed by atoms with Gasteiger partial charge in [-0.1, -0.05) is 0 Å². The molecular formula is C18H19F3N6O. The molecule has 0 amide bonds. The summed E-state index contributed by atoms with van der Waals surface area (Å²) in [6.45, 7) is 0.543. The van der Waals surface area contributed by atoms with E-state index in [2.05, 4.69) is 15.3 Å². The molecule has 6 N–H and O–H groups in total. The third-order valence-corrected chi connectivity index (χ3v) is 3.53. The molecule has 0 bridgehead atoms. The number of aromatic nitrogens is 2. The highest BCUT2D eigenvalue weighted by Crippen LogP contribution is 2.31. The third-order valence-electron chi connectivity index (χ3n) is 3.53. The molecule has 1 heterocycles. The van der Waals surface area contributed by atoms with Crippen molar-refractivity contribution in [1.82, 2.24) is 9.97 Å². The summed E-state index contributed by atoms with van der Waals surface area (Å²) in [6, 6.07) is 3.32. The molecule has 148 valence electrons. The van der Waals surface area contributed by atoms with E-state index in [0.29, 0.717) is 18.1 Å². The summed E-state index contributed by atoms with van der Waals surface area (Å²) >= 11 is 0. The first kappa shape index (κ1) is 20.7. The van der Waals surface area contributed by atoms with Crippen LogP contribution in [0.5, 0.6) is 6.01 Å². The van der Waals surface area contributed by atoms with Crippen molar-refractivity contribution in [3.05, 3.63) is 65.6 Å². The Hall–Kier alpha value is -3.56. The Morgan fingerprint density at radius 2 is 2.00 bits per heavy atom. The molecule has 0 atom stereocenters. The maximum atomic E-state index is 13.5. The lowest BCUT2D eigenvalue weighted by molar-refractivity contribution is 0.0138. The fourth-order valence-corrected chi connectivity index (χ4v) is 2.08. The minimum absolute atomic E-state index is 0.0520. The SMILES string of the molecule is CC(F)(F)c1cc(N/C=C(\N)COc2ncc(/C(C=N)=C/N)cn2)ccc1F. The number of nitrogens with zero attached hydrogens (tertiary/aromatic N) is 2. The smallest absolute Gasteiger partial charge is 0.316 e. The van der Waals surface area contributed by atoms with E-state index in [4.69, 9.17) is 21.6 Å². The molecule has 2 aromatic rings. The summed E-state index contributed by atoms with van der Waals surface area (Å²) in [7, 11) is 0. The maximum absolute atomic E-state index is 13.5. The Morgan fingerprint density at radius 1 is 1.32 bits per heavy atom. The number of alkyl halides is 2. The van der Waals surface area contributed by atoms with Gasteiger partial charge in [-0.15, -0.1) is 0 Å². The van der Waals surface area contributed by atoms with E-state index in [0.717, 1.165) is 18.3 Å². The quantitative estimate of drug-likeness (QED) is 0.512. The van der Waals surface area contributed by atoms with Crippen LogP contribution in [0, 0.1) is 11.2 Å². The van der Waals surface area contributed by atoms with Crippen LogP contribution in [0.25, 0.3) is 5.57 Å². The summed E-state index contributed by atoms with van der Waals surface area (Å²) in [6.07, 6.45) is 6.54. The van der Waals surface area contributed by atoms with Crippen molar-refractivity contribution in [2.24, 2.45) is 11.5 Å². The molecule has 0 unspecified atom stereocenters. The lowest BCUT2D eigenvalue weighted by Crippen LogP contribution is -2.13. The number of hydrogen-bond acceptors (Lipinski definition) is 7. The number of nitrogens with one attached hydrogen (secondary N) is 2. The van der Waals surface area contributed by atoms with E-state index >= 15 is 0 Å². The van der Waals surface area contributed by atoms with Gasteiger partial charge in [0.2, 0.25) is 0 Å². The molecule has 0 radical (unpaired) electrons. The van der Waals surface area contributed by atoms with Crippen molar-refractivity contribution in [2.45, 2.75) is 12.8 Å². The highest BCUT2D eigenvalue weighted by atomic mass is 19.3. The van der Waals surface area contributed by atoms with Gasteiger partial charge < -0.3 is 26.9 Å². The lowest BCUT2D eigenvalue weighted by atomic mass is 10.1. The van der Waals surface area contributed by atoms with Crippen LogP contribution in [0.3, 0.4) is 0 Å². The number of ether oxygens (including phenoxy) is 1. The van der Waals surface area contributed by atoms with E-state index in [9.17, 15) is 13.2 Å². The van der Waals surface area contributed by atoms with Gasteiger partial charge in [-0.2, -0.15) is 0 Å². The van der Waals surface area contributed by atoms with Gasteiger partial charge in [-0.3, -0.25) is 0 Å². The molecule has 2 rings (SSSR count). The van der Waals surface area contributed by atoms with Gasteiger partial charge in [0, 0.05) is 54.8 Å². The van der Waals surface area contributed by atoms with Crippen LogP contribution in [0.15, 0.2) is 48.7 Å². The molecule has 7 nitrogen and oxygen atoms in total. The number of benzene rings is 1. The van der Waals surface area contributed by atoms with Crippen molar-refractivity contribution < 1.29 is 17.9 Å². The van der Waals surface area contributed by atoms with Crippen molar-refractivity contribution in [1.29, 1.82) is 5.41 Å². The molecular weight excluding hydrogens is 373 g/mol. The summed E-state index contributed by atoms with van der Waals surface area (Å²) < 4.78 is 45.5. The van der Waals surface area contributed by atoms with E-state index < -0.39 is 17.3 Å². The van der Waals surface area contributed by atoms with Gasteiger partial charge >= 0.3 is 6.01 Å². The molecule has 0 saturated heterocycles. The average Bonchev–Trinajstić information content (AvgIpc) is 2.66. The number of hydrogen-bond donors (Lipinski definition) is 4. The lowest BCUT2D eigenvalue weighted by Gasteiger charge is -2.13. The zero-order valence-electron chi connectivity index (χ0n) is 14.9. The molecule has 0 aliphatic carbocycles. The first-order valence-corrected chi connectivity index (χ1v) is 8.01. The summed E-state index contributed by atoms with van der Waals surface area (Å²) in [5.41, 5.74) is 11.9. The normalized spacial score (nSPS) is 12.6. The van der Waals surface area contributed by atoms with Crippen LogP contribution in [0.1, 0.15) is 18.1 Å². The molecule has 0 aliphatic rings. The van der Waals surface area contributed by atoms with Crippen molar-refractivity contribution in [2.75, 3.05) is 11.9 Å². The van der Waals surface area contributed by atoms with Crippen LogP contribution >= 0.6 is 0 Å². The van der Waals surface area contributed by atoms with Crippen LogP contribution in [0.4, 0.5) is 18.9 Å². The largest absolute Gasteiger partial charge is 0.457 e. The average molecular weight is 392 g/mol. The van der Waals surface area contributed by atoms with Crippen LogP contribution in [-0.2, 0) is 5.92 Å². The van der Waals surface area contributed by atoms with Gasteiger partial charge in [0.05, 0.1) is 11.3 Å². The Labute approximate surface area is 159 Å². The second-order valence-corrected chi connectivity index (χ2v) is 5.76.